The molecule has 0 aromatic heterocycles. The molecule has 0 fully saturated rings. The number of carbonyl (C=O) groups excluding carboxylic acids is 3. The summed E-state index contributed by atoms with van der Waals surface area (Å²) in [7, 11) is 0. The van der Waals surface area contributed by atoms with Gasteiger partial charge in [0.15, 0.2) is 0 Å². The summed E-state index contributed by atoms with van der Waals surface area (Å²) in [5, 5.41) is 7.94. The van der Waals surface area contributed by atoms with E-state index in [0.29, 0.717) is 17.1 Å². The van der Waals surface area contributed by atoms with E-state index in [1.54, 1.807) is 19.1 Å². The van der Waals surface area contributed by atoms with Gasteiger partial charge in [-0.1, -0.05) is 0 Å². The maximum atomic E-state index is 11.1. The van der Waals surface area contributed by atoms with Crippen LogP contribution in [0.5, 0.6) is 0 Å². The van der Waals surface area contributed by atoms with Gasteiger partial charge >= 0.3 is 0 Å². The fraction of sp³-hybridized carbons (Fsp3) is 0.308. The third-order valence-electron chi connectivity index (χ3n) is 2.35. The van der Waals surface area contributed by atoms with Crippen LogP contribution in [0.15, 0.2) is 12.1 Å². The van der Waals surface area contributed by atoms with Gasteiger partial charge in [0, 0.05) is 37.8 Å². The molecule has 1 aromatic rings. The molecule has 0 heterocycles. The number of benzene rings is 1. The summed E-state index contributed by atoms with van der Waals surface area (Å²) >= 11 is 0. The largest absolute Gasteiger partial charge is 0.326 e. The van der Waals surface area contributed by atoms with Gasteiger partial charge in [0.2, 0.25) is 17.7 Å². The smallest absolute Gasteiger partial charge is 0.221 e. The standard InChI is InChI=1S/C13H17N3O3/c1-7-12(15-9(3)18)5-11(14-8(2)17)6-13(7)16-10(4)19/h5-6H,1-4H3,(H,14,17)(H,15,18)(H,16,19). The van der Waals surface area contributed by atoms with Crippen molar-refractivity contribution in [3.63, 3.8) is 0 Å². The lowest BCUT2D eigenvalue weighted by atomic mass is 10.1. The van der Waals surface area contributed by atoms with Gasteiger partial charge in [-0.15, -0.1) is 0 Å². The summed E-state index contributed by atoms with van der Waals surface area (Å²) in [5.74, 6) is -0.680. The second-order valence-corrected chi connectivity index (χ2v) is 4.24. The van der Waals surface area contributed by atoms with Crippen molar-refractivity contribution < 1.29 is 14.4 Å². The van der Waals surface area contributed by atoms with Gasteiger partial charge in [0.25, 0.3) is 0 Å². The molecule has 1 aromatic carbocycles. The summed E-state index contributed by atoms with van der Waals surface area (Å²) < 4.78 is 0. The zero-order valence-corrected chi connectivity index (χ0v) is 11.4. The highest BCUT2D eigenvalue weighted by atomic mass is 16.2. The predicted molar refractivity (Wildman–Crippen MR) is 74.1 cm³/mol. The molecule has 6 heteroatoms. The van der Waals surface area contributed by atoms with Crippen LogP contribution in [0.2, 0.25) is 0 Å². The van der Waals surface area contributed by atoms with Crippen molar-refractivity contribution >= 4 is 34.8 Å². The highest BCUT2D eigenvalue weighted by molar-refractivity contribution is 5.97. The lowest BCUT2D eigenvalue weighted by Crippen LogP contribution is -2.13. The lowest BCUT2D eigenvalue weighted by Gasteiger charge is -2.15. The molecule has 0 saturated carbocycles. The molecule has 0 bridgehead atoms. The van der Waals surface area contributed by atoms with Gasteiger partial charge < -0.3 is 16.0 Å². The Morgan fingerprint density at radius 3 is 1.47 bits per heavy atom. The minimum Gasteiger partial charge on any atom is -0.326 e. The van der Waals surface area contributed by atoms with Crippen molar-refractivity contribution in [3.05, 3.63) is 17.7 Å². The lowest BCUT2D eigenvalue weighted by molar-refractivity contribution is -0.115. The van der Waals surface area contributed by atoms with Gasteiger partial charge in [-0.05, 0) is 24.6 Å². The minimum atomic E-state index is -0.230. The van der Waals surface area contributed by atoms with Crippen LogP contribution in [0.4, 0.5) is 17.1 Å². The molecule has 3 amide bonds. The molecule has 0 spiro atoms. The molecule has 19 heavy (non-hydrogen) atoms. The average Bonchev–Trinajstić information content (AvgIpc) is 2.22. The Hall–Kier alpha value is -2.37. The molecule has 6 nitrogen and oxygen atoms in total. The molecule has 3 N–H and O–H groups in total. The Morgan fingerprint density at radius 2 is 1.16 bits per heavy atom. The van der Waals surface area contributed by atoms with E-state index in [-0.39, 0.29) is 17.7 Å². The van der Waals surface area contributed by atoms with Crippen molar-refractivity contribution in [2.45, 2.75) is 27.7 Å². The Labute approximate surface area is 111 Å². The van der Waals surface area contributed by atoms with E-state index in [9.17, 15) is 14.4 Å². The predicted octanol–water partition coefficient (Wildman–Crippen LogP) is 1.87. The van der Waals surface area contributed by atoms with Crippen LogP contribution < -0.4 is 16.0 Å². The number of carbonyl (C=O) groups is 3. The zero-order chi connectivity index (χ0) is 14.6. The van der Waals surface area contributed by atoms with Crippen LogP contribution in [-0.4, -0.2) is 17.7 Å². The van der Waals surface area contributed by atoms with Crippen molar-refractivity contribution in [2.75, 3.05) is 16.0 Å². The SMILES string of the molecule is CC(=O)Nc1cc(NC(C)=O)c(C)c(NC(C)=O)c1. The maximum absolute atomic E-state index is 11.1. The molecule has 102 valence electrons. The maximum Gasteiger partial charge on any atom is 0.221 e. The van der Waals surface area contributed by atoms with Crippen LogP contribution in [0.1, 0.15) is 26.3 Å². The van der Waals surface area contributed by atoms with E-state index in [4.69, 9.17) is 0 Å². The fourth-order valence-electron chi connectivity index (χ4n) is 1.63. The van der Waals surface area contributed by atoms with E-state index in [0.717, 1.165) is 5.56 Å². The summed E-state index contributed by atoms with van der Waals surface area (Å²) in [5.41, 5.74) is 2.31. The molecule has 0 aliphatic heterocycles. The Bertz CT molecular complexity index is 501. The minimum absolute atomic E-state index is 0.225. The monoisotopic (exact) mass is 263 g/mol. The van der Waals surface area contributed by atoms with Crippen molar-refractivity contribution in [2.24, 2.45) is 0 Å². The number of nitrogens with one attached hydrogen (secondary N) is 3. The van der Waals surface area contributed by atoms with Crippen LogP contribution >= 0.6 is 0 Å². The highest BCUT2D eigenvalue weighted by Crippen LogP contribution is 2.29. The topological polar surface area (TPSA) is 87.3 Å². The van der Waals surface area contributed by atoms with Crippen LogP contribution in [0.25, 0.3) is 0 Å². The summed E-state index contributed by atoms with van der Waals surface area (Å²) in [6, 6.07) is 3.28. The third-order valence-corrected chi connectivity index (χ3v) is 2.35. The average molecular weight is 263 g/mol. The Kier molecular flexibility index (Phi) is 4.63. The van der Waals surface area contributed by atoms with Gasteiger partial charge in [0.05, 0.1) is 0 Å². The number of rotatable bonds is 3. The molecular weight excluding hydrogens is 246 g/mol. The number of anilines is 3. The van der Waals surface area contributed by atoms with E-state index in [1.165, 1.54) is 20.8 Å². The molecule has 0 aliphatic rings. The molecule has 0 aliphatic carbocycles. The van der Waals surface area contributed by atoms with Gasteiger partial charge in [0.1, 0.15) is 0 Å². The third kappa shape index (κ3) is 4.42. The summed E-state index contributed by atoms with van der Waals surface area (Å²) in [4.78, 5) is 33.4. The second kappa shape index (κ2) is 5.99. The van der Waals surface area contributed by atoms with Crippen molar-refractivity contribution in [1.29, 1.82) is 0 Å². The van der Waals surface area contributed by atoms with Crippen LogP contribution in [-0.2, 0) is 14.4 Å². The van der Waals surface area contributed by atoms with Crippen LogP contribution in [0, 0.1) is 6.92 Å². The zero-order valence-electron chi connectivity index (χ0n) is 11.4. The molecule has 0 unspecified atom stereocenters. The van der Waals surface area contributed by atoms with E-state index in [2.05, 4.69) is 16.0 Å². The first kappa shape index (κ1) is 14.7. The van der Waals surface area contributed by atoms with Gasteiger partial charge in [-0.3, -0.25) is 14.4 Å². The van der Waals surface area contributed by atoms with E-state index in [1.807, 2.05) is 0 Å². The molecular formula is C13H17N3O3. The fourth-order valence-corrected chi connectivity index (χ4v) is 1.63. The Morgan fingerprint density at radius 1 is 0.789 bits per heavy atom. The quantitative estimate of drug-likeness (QED) is 0.778. The first-order valence-corrected chi connectivity index (χ1v) is 5.77. The number of amides is 3. The second-order valence-electron chi connectivity index (χ2n) is 4.24. The van der Waals surface area contributed by atoms with Gasteiger partial charge in [-0.2, -0.15) is 0 Å². The van der Waals surface area contributed by atoms with E-state index >= 15 is 0 Å². The van der Waals surface area contributed by atoms with E-state index < -0.39 is 0 Å². The summed E-state index contributed by atoms with van der Waals surface area (Å²) in [6.07, 6.45) is 0. The number of hydrogen-bond donors (Lipinski definition) is 3. The molecule has 0 atom stereocenters. The molecule has 1 rings (SSSR count). The molecule has 0 radical (unpaired) electrons. The molecule has 0 saturated heterocycles. The van der Waals surface area contributed by atoms with Gasteiger partial charge in [-0.25, -0.2) is 0 Å². The first-order chi connectivity index (χ1) is 8.79. The highest BCUT2D eigenvalue weighted by Gasteiger charge is 2.10. The van der Waals surface area contributed by atoms with Crippen LogP contribution in [0.3, 0.4) is 0 Å². The number of hydrogen-bond acceptors (Lipinski definition) is 3. The van der Waals surface area contributed by atoms with Crippen molar-refractivity contribution in [1.82, 2.24) is 0 Å². The first-order valence-electron chi connectivity index (χ1n) is 5.77. The normalized spacial score (nSPS) is 9.68. The van der Waals surface area contributed by atoms with Crippen molar-refractivity contribution in [3.8, 4) is 0 Å². The Balaban J connectivity index is 3.24. The summed E-state index contributed by atoms with van der Waals surface area (Å²) in [6.45, 7) is 5.94.